The number of hydrogen-bond acceptors (Lipinski definition) is 13. The highest BCUT2D eigenvalue weighted by Gasteiger charge is 2.56. The zero-order chi connectivity index (χ0) is 26.3. The van der Waals surface area contributed by atoms with Crippen molar-refractivity contribution in [3.8, 4) is 0 Å². The standard InChI is InChI=1S/C22H32N6O6S2.ClH/c1-13-6-15(28-14(24-13)7-26(25-28)11-32-5)35-9-22(8-27-17(29)16(23)18(27)36-10-22)20(31)34-12-33-19(30)21(2,3)4;/h6-7,16,18,25H,8-12,23H2,1-5H3;1H/t16?,18-,22?;/m1./s1. The molecule has 4 heterocycles. The highest BCUT2D eigenvalue weighted by atomic mass is 35.5. The van der Waals surface area contributed by atoms with Crippen molar-refractivity contribution < 1.29 is 28.6 Å². The van der Waals surface area contributed by atoms with Gasteiger partial charge in [0.2, 0.25) is 12.7 Å². The van der Waals surface area contributed by atoms with Crippen molar-refractivity contribution in [2.45, 2.75) is 39.1 Å². The van der Waals surface area contributed by atoms with E-state index in [-0.39, 0.29) is 30.2 Å². The number of carbonyl (C=O) groups is 3. The number of amides is 1. The molecule has 2 unspecified atom stereocenters. The predicted molar refractivity (Wildman–Crippen MR) is 143 cm³/mol. The van der Waals surface area contributed by atoms with Crippen LogP contribution in [0, 0.1) is 10.8 Å². The summed E-state index contributed by atoms with van der Waals surface area (Å²) in [5.41, 5.74) is 8.21. The highest BCUT2D eigenvalue weighted by Crippen LogP contribution is 2.45. The monoisotopic (exact) mass is 576 g/mol. The van der Waals surface area contributed by atoms with Crippen LogP contribution in [0.2, 0.25) is 0 Å². The number of hydrazine groups is 2. The van der Waals surface area contributed by atoms with Gasteiger partial charge in [-0.25, -0.2) is 10.0 Å². The Bertz CT molecular complexity index is 1030. The molecular formula is C22H33ClN6O6S2. The molecule has 3 atom stereocenters. The van der Waals surface area contributed by atoms with E-state index in [1.807, 2.05) is 24.2 Å². The Labute approximate surface area is 230 Å². The van der Waals surface area contributed by atoms with E-state index in [9.17, 15) is 14.4 Å². The van der Waals surface area contributed by atoms with Crippen LogP contribution in [-0.4, -0.2) is 88.6 Å². The van der Waals surface area contributed by atoms with Gasteiger partial charge in [-0.1, -0.05) is 0 Å². The number of thioether (sulfide) groups is 2. The second kappa shape index (κ2) is 11.4. The number of ether oxygens (including phenoxy) is 3. The van der Waals surface area contributed by atoms with E-state index < -0.39 is 35.6 Å². The number of halogens is 1. The summed E-state index contributed by atoms with van der Waals surface area (Å²) in [6.07, 6.45) is 3.74. The van der Waals surface area contributed by atoms with E-state index in [1.54, 1.807) is 37.8 Å². The van der Waals surface area contributed by atoms with Gasteiger partial charge < -0.3 is 24.8 Å². The minimum absolute atomic E-state index is 0. The second-order valence-corrected chi connectivity index (χ2v) is 12.1. The van der Waals surface area contributed by atoms with Crippen LogP contribution in [0.1, 0.15) is 27.7 Å². The molecule has 0 spiro atoms. The normalized spacial score (nSPS) is 26.7. The van der Waals surface area contributed by atoms with Crippen molar-refractivity contribution in [1.82, 2.24) is 20.5 Å². The van der Waals surface area contributed by atoms with E-state index in [0.29, 0.717) is 24.1 Å². The Hall–Kier alpha value is -1.97. The molecule has 2 saturated heterocycles. The molecule has 0 radical (unpaired) electrons. The molecule has 0 bridgehead atoms. The van der Waals surface area contributed by atoms with Gasteiger partial charge >= 0.3 is 11.9 Å². The number of allylic oxidation sites excluding steroid dienone is 1. The van der Waals surface area contributed by atoms with Gasteiger partial charge in [0.25, 0.3) is 0 Å². The van der Waals surface area contributed by atoms with Crippen LogP contribution in [0.5, 0.6) is 0 Å². The number of nitrogens with zero attached hydrogens (tertiary/aromatic N) is 4. The molecule has 37 heavy (non-hydrogen) atoms. The number of esters is 2. The van der Waals surface area contributed by atoms with Gasteiger partial charge in [-0.3, -0.25) is 19.4 Å². The molecule has 3 N–H and O–H groups in total. The van der Waals surface area contributed by atoms with Gasteiger partial charge in [-0.15, -0.1) is 41.5 Å². The number of fused-ring (bicyclic) bond motifs is 2. The first-order valence-electron chi connectivity index (χ1n) is 11.4. The number of methoxy groups -OCH3 is 1. The molecule has 4 aliphatic heterocycles. The minimum atomic E-state index is -1.02. The van der Waals surface area contributed by atoms with Crippen molar-refractivity contribution in [2.75, 3.05) is 38.7 Å². The first-order chi connectivity index (χ1) is 16.9. The van der Waals surface area contributed by atoms with Crippen LogP contribution >= 0.6 is 35.9 Å². The maximum absolute atomic E-state index is 13.4. The Balaban J connectivity index is 0.00000380. The van der Waals surface area contributed by atoms with Crippen LogP contribution in [0.25, 0.3) is 0 Å². The summed E-state index contributed by atoms with van der Waals surface area (Å²) in [5.74, 6) is 0.261. The minimum Gasteiger partial charge on any atom is -0.427 e. The van der Waals surface area contributed by atoms with E-state index in [4.69, 9.17) is 19.9 Å². The predicted octanol–water partition coefficient (Wildman–Crippen LogP) is 1.22. The molecular weight excluding hydrogens is 544 g/mol. The lowest BCUT2D eigenvalue weighted by molar-refractivity contribution is -0.179. The number of carbonyl (C=O) groups excluding carboxylic acids is 3. The third-order valence-corrected chi connectivity index (χ3v) is 8.85. The van der Waals surface area contributed by atoms with Crippen LogP contribution in [0.15, 0.2) is 28.1 Å². The highest BCUT2D eigenvalue weighted by molar-refractivity contribution is 8.03. The average molecular weight is 577 g/mol. The van der Waals surface area contributed by atoms with Crippen LogP contribution in [0.4, 0.5) is 0 Å². The molecule has 0 aromatic rings. The molecule has 0 aromatic heterocycles. The Kier molecular flexibility index (Phi) is 9.13. The van der Waals surface area contributed by atoms with Crippen molar-refractivity contribution in [3.63, 3.8) is 0 Å². The number of rotatable bonds is 8. The lowest BCUT2D eigenvalue weighted by Crippen LogP contribution is -2.72. The summed E-state index contributed by atoms with van der Waals surface area (Å²) < 4.78 is 15.8. The summed E-state index contributed by atoms with van der Waals surface area (Å²) in [5, 5.41) is 4.24. The quantitative estimate of drug-likeness (QED) is 0.244. The van der Waals surface area contributed by atoms with Crippen LogP contribution < -0.4 is 11.3 Å². The number of nitrogens with two attached hydrogens (primary N) is 1. The smallest absolute Gasteiger partial charge is 0.318 e. The first kappa shape index (κ1) is 29.6. The van der Waals surface area contributed by atoms with Gasteiger partial charge in [0, 0.05) is 30.9 Å². The molecule has 4 aliphatic rings. The second-order valence-electron chi connectivity index (χ2n) is 10.0. The lowest BCUT2D eigenvalue weighted by atomic mass is 9.89. The molecule has 12 nitrogen and oxygen atoms in total. The fourth-order valence-corrected chi connectivity index (χ4v) is 6.80. The number of β-lactam (4-membered cyclic amide) rings is 1. The maximum atomic E-state index is 13.4. The Morgan fingerprint density at radius 1 is 1.35 bits per heavy atom. The zero-order valence-electron chi connectivity index (χ0n) is 21.4. The molecule has 0 saturated carbocycles. The van der Waals surface area contributed by atoms with E-state index in [1.165, 1.54) is 23.5 Å². The molecule has 4 rings (SSSR count). The molecule has 0 aromatic carbocycles. The van der Waals surface area contributed by atoms with Crippen molar-refractivity contribution in [2.24, 2.45) is 21.6 Å². The van der Waals surface area contributed by atoms with Gasteiger partial charge in [0.15, 0.2) is 5.82 Å². The van der Waals surface area contributed by atoms with Gasteiger partial charge in [0.05, 0.1) is 16.6 Å². The largest absolute Gasteiger partial charge is 0.427 e. The number of nitrogens with one attached hydrogen (secondary N) is 1. The summed E-state index contributed by atoms with van der Waals surface area (Å²) in [6, 6.07) is -0.558. The average Bonchev–Trinajstić information content (AvgIpc) is 3.23. The van der Waals surface area contributed by atoms with Crippen LogP contribution in [-0.2, 0) is 28.6 Å². The van der Waals surface area contributed by atoms with E-state index >= 15 is 0 Å². The summed E-state index contributed by atoms with van der Waals surface area (Å²) in [7, 11) is 1.60. The molecule has 0 aliphatic carbocycles. The zero-order valence-corrected chi connectivity index (χ0v) is 23.8. The molecule has 2 fully saturated rings. The first-order valence-corrected chi connectivity index (χ1v) is 13.4. The summed E-state index contributed by atoms with van der Waals surface area (Å²) in [4.78, 5) is 44.1. The maximum Gasteiger partial charge on any atom is 0.318 e. The third kappa shape index (κ3) is 6.04. The van der Waals surface area contributed by atoms with E-state index in [2.05, 4.69) is 10.5 Å². The number of aliphatic imine (C=N–C) groups is 1. The SMILES string of the molecule is COCN1C=C2N=C(C)C=C(SCC3(C(=O)OCOC(=O)C(C)(C)C)CS[C@@H]4C(N)C(=O)N4C3)N2N1.Cl. The summed E-state index contributed by atoms with van der Waals surface area (Å²) >= 11 is 2.92. The topological polar surface area (TPSA) is 139 Å². The fraction of sp³-hybridized carbons (Fsp3) is 0.636. The number of hydrogen-bond donors (Lipinski definition) is 2. The third-order valence-electron chi connectivity index (χ3n) is 5.95. The van der Waals surface area contributed by atoms with Crippen LogP contribution in [0.3, 0.4) is 0 Å². The fourth-order valence-electron chi connectivity index (χ4n) is 3.93. The van der Waals surface area contributed by atoms with Crippen molar-refractivity contribution in [1.29, 1.82) is 0 Å². The lowest BCUT2D eigenvalue weighted by Gasteiger charge is -2.53. The Morgan fingerprint density at radius 2 is 2.08 bits per heavy atom. The van der Waals surface area contributed by atoms with Gasteiger partial charge in [-0.05, 0) is 33.8 Å². The molecule has 15 heteroatoms. The Morgan fingerprint density at radius 3 is 2.76 bits per heavy atom. The van der Waals surface area contributed by atoms with Crippen molar-refractivity contribution in [3.05, 3.63) is 23.1 Å². The van der Waals surface area contributed by atoms with E-state index in [0.717, 1.165) is 10.7 Å². The van der Waals surface area contributed by atoms with Gasteiger partial charge in [0.1, 0.15) is 23.6 Å². The molecule has 206 valence electrons. The molecule has 1 amide bonds. The van der Waals surface area contributed by atoms with Gasteiger partial charge in [-0.2, -0.15) is 0 Å². The van der Waals surface area contributed by atoms with Crippen molar-refractivity contribution >= 4 is 59.5 Å². The summed E-state index contributed by atoms with van der Waals surface area (Å²) in [6.45, 7) is 7.08.